The molecule has 0 aliphatic carbocycles. The van der Waals surface area contributed by atoms with E-state index in [0.29, 0.717) is 16.9 Å². The number of carbonyl (C=O) groups excluding carboxylic acids is 1. The van der Waals surface area contributed by atoms with Gasteiger partial charge in [0, 0.05) is 29.1 Å². The highest BCUT2D eigenvalue weighted by molar-refractivity contribution is 9.10. The van der Waals surface area contributed by atoms with Crippen LogP contribution >= 0.6 is 27.3 Å². The van der Waals surface area contributed by atoms with Crippen molar-refractivity contribution in [3.8, 4) is 11.3 Å². The zero-order chi connectivity index (χ0) is 19.8. The number of hydrogen-bond donors (Lipinski definition) is 1. The van der Waals surface area contributed by atoms with E-state index in [1.807, 2.05) is 17.7 Å². The molecule has 1 aliphatic rings. The molecular formula is C20H18BrF2N3OS. The monoisotopic (exact) mass is 465 g/mol. The molecule has 0 spiro atoms. The number of hydrogen-bond acceptors (Lipinski definition) is 3. The molecule has 1 aromatic carbocycles. The summed E-state index contributed by atoms with van der Waals surface area (Å²) in [6.45, 7) is 2.68. The van der Waals surface area contributed by atoms with Crippen LogP contribution in [-0.2, 0) is 19.4 Å². The largest absolute Gasteiger partial charge is 0.349 e. The van der Waals surface area contributed by atoms with E-state index in [0.717, 1.165) is 41.2 Å². The minimum Gasteiger partial charge on any atom is -0.349 e. The molecule has 0 saturated carbocycles. The lowest BCUT2D eigenvalue weighted by Crippen LogP contribution is -2.33. The van der Waals surface area contributed by atoms with Gasteiger partial charge in [0.25, 0.3) is 5.91 Å². The van der Waals surface area contributed by atoms with Crippen molar-refractivity contribution in [3.05, 3.63) is 61.9 Å². The van der Waals surface area contributed by atoms with E-state index in [1.165, 1.54) is 28.3 Å². The fraction of sp³-hybridized carbons (Fsp3) is 0.300. The topological polar surface area (TPSA) is 46.9 Å². The number of nitrogens with one attached hydrogen (secondary N) is 1. The number of aromatic nitrogens is 2. The maximum absolute atomic E-state index is 13.4. The minimum atomic E-state index is -0.613. The van der Waals surface area contributed by atoms with Gasteiger partial charge >= 0.3 is 0 Å². The highest BCUT2D eigenvalue weighted by Gasteiger charge is 2.23. The van der Waals surface area contributed by atoms with Crippen molar-refractivity contribution in [2.75, 3.05) is 0 Å². The minimum absolute atomic E-state index is 0.176. The first-order valence-corrected chi connectivity index (χ1v) is 10.6. The van der Waals surface area contributed by atoms with Gasteiger partial charge in [-0.15, -0.1) is 11.3 Å². The molecule has 0 saturated heterocycles. The normalized spacial score (nSPS) is 14.1. The molecule has 8 heteroatoms. The fourth-order valence-corrected chi connectivity index (χ4v) is 5.16. The molecule has 1 N–H and O–H groups in total. The number of rotatable bonds is 4. The predicted molar refractivity (Wildman–Crippen MR) is 109 cm³/mol. The van der Waals surface area contributed by atoms with Gasteiger partial charge in [0.05, 0.1) is 21.2 Å². The number of fused-ring (bicyclic) bond motifs is 3. The van der Waals surface area contributed by atoms with E-state index in [1.54, 1.807) is 6.20 Å². The third-order valence-electron chi connectivity index (χ3n) is 4.70. The van der Waals surface area contributed by atoms with Gasteiger partial charge in [-0.05, 0) is 65.9 Å². The number of amides is 1. The lowest BCUT2D eigenvalue weighted by Gasteiger charge is -2.13. The standard InChI is InChI=1S/C20H18BrF2N3OS/c1-11(5-12-6-13(22)8-14(23)7-12)25-20(27)18-9-15-17(28-18)3-2-4-26-19(15)16(21)10-24-26/h6-11H,2-5H2,1H3,(H,25,27)/t11-/m1/s1. The van der Waals surface area contributed by atoms with Crippen molar-refractivity contribution >= 4 is 33.2 Å². The number of carbonyl (C=O) groups is 1. The van der Waals surface area contributed by atoms with E-state index >= 15 is 0 Å². The molecule has 2 aromatic heterocycles. The SMILES string of the molecule is C[C@H](Cc1cc(F)cc(F)c1)NC(=O)c1cc2c(s1)CCCn1ncc(Br)c1-2. The van der Waals surface area contributed by atoms with Crippen molar-refractivity contribution in [2.45, 2.75) is 38.8 Å². The van der Waals surface area contributed by atoms with Crippen LogP contribution in [0, 0.1) is 11.6 Å². The Labute approximate surface area is 173 Å². The number of aryl methyl sites for hydroxylation is 2. The molecule has 0 radical (unpaired) electrons. The summed E-state index contributed by atoms with van der Waals surface area (Å²) in [5.41, 5.74) is 2.56. The highest BCUT2D eigenvalue weighted by Crippen LogP contribution is 2.38. The van der Waals surface area contributed by atoms with Gasteiger partial charge in [-0.2, -0.15) is 5.10 Å². The van der Waals surface area contributed by atoms with Gasteiger partial charge in [0.2, 0.25) is 0 Å². The molecule has 0 bridgehead atoms. The Morgan fingerprint density at radius 1 is 1.32 bits per heavy atom. The van der Waals surface area contributed by atoms with Crippen LogP contribution in [0.3, 0.4) is 0 Å². The smallest absolute Gasteiger partial charge is 0.261 e. The molecule has 3 heterocycles. The first kappa shape index (κ1) is 19.3. The van der Waals surface area contributed by atoms with E-state index in [2.05, 4.69) is 26.3 Å². The summed E-state index contributed by atoms with van der Waals surface area (Å²) < 4.78 is 29.6. The second-order valence-corrected chi connectivity index (χ2v) is 8.96. The van der Waals surface area contributed by atoms with E-state index in [9.17, 15) is 13.6 Å². The Kier molecular flexibility index (Phi) is 5.33. The Balaban J connectivity index is 1.51. The molecule has 4 rings (SSSR count). The first-order valence-electron chi connectivity index (χ1n) is 9.01. The van der Waals surface area contributed by atoms with E-state index < -0.39 is 11.6 Å². The summed E-state index contributed by atoms with van der Waals surface area (Å²) in [5, 5.41) is 7.32. The summed E-state index contributed by atoms with van der Waals surface area (Å²) in [4.78, 5) is 14.5. The van der Waals surface area contributed by atoms with Crippen LogP contribution in [0.5, 0.6) is 0 Å². The van der Waals surface area contributed by atoms with Crippen LogP contribution in [0.4, 0.5) is 8.78 Å². The molecule has 1 aliphatic heterocycles. The quantitative estimate of drug-likeness (QED) is 0.591. The third kappa shape index (κ3) is 3.89. The second-order valence-electron chi connectivity index (χ2n) is 6.97. The molecule has 3 aromatic rings. The summed E-state index contributed by atoms with van der Waals surface area (Å²) >= 11 is 5.04. The number of halogens is 3. The summed E-state index contributed by atoms with van der Waals surface area (Å²) in [6, 6.07) is 5.07. The van der Waals surface area contributed by atoms with Crippen molar-refractivity contribution < 1.29 is 13.6 Å². The van der Waals surface area contributed by atoms with Gasteiger partial charge in [0.15, 0.2) is 0 Å². The number of benzene rings is 1. The molecule has 0 unspecified atom stereocenters. The van der Waals surface area contributed by atoms with Crippen molar-refractivity contribution in [2.24, 2.45) is 0 Å². The van der Waals surface area contributed by atoms with E-state index in [-0.39, 0.29) is 11.9 Å². The summed E-state index contributed by atoms with van der Waals surface area (Å²) in [5.74, 6) is -1.40. The van der Waals surface area contributed by atoms with Crippen molar-refractivity contribution in [3.63, 3.8) is 0 Å². The lowest BCUT2D eigenvalue weighted by atomic mass is 10.1. The van der Waals surface area contributed by atoms with Gasteiger partial charge in [0.1, 0.15) is 11.6 Å². The molecule has 146 valence electrons. The second kappa shape index (κ2) is 7.75. The fourth-order valence-electron chi connectivity index (χ4n) is 3.54. The average molecular weight is 466 g/mol. The van der Waals surface area contributed by atoms with Crippen molar-refractivity contribution in [1.29, 1.82) is 0 Å². The molecule has 28 heavy (non-hydrogen) atoms. The average Bonchev–Trinajstić information content (AvgIpc) is 3.13. The van der Waals surface area contributed by atoms with Crippen LogP contribution in [0.25, 0.3) is 11.3 Å². The predicted octanol–water partition coefficient (Wildman–Crippen LogP) is 4.96. The summed E-state index contributed by atoms with van der Waals surface area (Å²) in [6.07, 6.45) is 4.00. The van der Waals surface area contributed by atoms with Crippen molar-refractivity contribution in [1.82, 2.24) is 15.1 Å². The highest BCUT2D eigenvalue weighted by atomic mass is 79.9. The Morgan fingerprint density at radius 3 is 2.82 bits per heavy atom. The molecule has 1 atom stereocenters. The van der Waals surface area contributed by atoms with Gasteiger partial charge in [-0.25, -0.2) is 8.78 Å². The van der Waals surface area contributed by atoms with Gasteiger partial charge in [-0.1, -0.05) is 0 Å². The van der Waals surface area contributed by atoms with Gasteiger partial charge in [-0.3, -0.25) is 9.48 Å². The van der Waals surface area contributed by atoms with Crippen LogP contribution < -0.4 is 5.32 Å². The Hall–Kier alpha value is -2.06. The molecule has 4 nitrogen and oxygen atoms in total. The van der Waals surface area contributed by atoms with Crippen LogP contribution in [0.15, 0.2) is 34.9 Å². The molecule has 0 fully saturated rings. The summed E-state index contributed by atoms with van der Waals surface area (Å²) in [7, 11) is 0. The number of thiophene rings is 1. The van der Waals surface area contributed by atoms with Gasteiger partial charge < -0.3 is 5.32 Å². The zero-order valence-electron chi connectivity index (χ0n) is 15.1. The number of nitrogens with zero attached hydrogens (tertiary/aromatic N) is 2. The first-order chi connectivity index (χ1) is 13.4. The van der Waals surface area contributed by atoms with Crippen LogP contribution in [0.2, 0.25) is 0 Å². The third-order valence-corrected chi connectivity index (χ3v) is 6.47. The maximum atomic E-state index is 13.4. The van der Waals surface area contributed by atoms with Crippen LogP contribution in [-0.4, -0.2) is 21.7 Å². The van der Waals surface area contributed by atoms with Crippen LogP contribution in [0.1, 0.15) is 33.5 Å². The maximum Gasteiger partial charge on any atom is 0.261 e. The Bertz CT molecular complexity index is 1030. The molecular weight excluding hydrogens is 448 g/mol. The lowest BCUT2D eigenvalue weighted by molar-refractivity contribution is 0.0944. The Morgan fingerprint density at radius 2 is 2.07 bits per heavy atom. The van der Waals surface area contributed by atoms with E-state index in [4.69, 9.17) is 0 Å². The zero-order valence-corrected chi connectivity index (χ0v) is 17.5. The molecule has 1 amide bonds.